The lowest BCUT2D eigenvalue weighted by Crippen LogP contribution is -2.15. The van der Waals surface area contributed by atoms with Crippen LogP contribution in [0.5, 0.6) is 0 Å². The Morgan fingerprint density at radius 2 is 2.16 bits per heavy atom. The van der Waals surface area contributed by atoms with Gasteiger partial charge in [0.15, 0.2) is 0 Å². The Morgan fingerprint density at radius 3 is 2.89 bits per heavy atom. The largest absolute Gasteiger partial charge is 0.395 e. The standard InChI is InChI=1S/C15H17NOS2/c1-16(10-13-7-9-18-12-13)11-15-6-5-14(19-15)4-2-3-8-17/h5-7,9,12,17H,3,8,10-11H2,1H3. The molecule has 100 valence electrons. The van der Waals surface area contributed by atoms with Crippen molar-refractivity contribution in [3.63, 3.8) is 0 Å². The number of aliphatic hydroxyl groups is 1. The minimum Gasteiger partial charge on any atom is -0.395 e. The van der Waals surface area contributed by atoms with E-state index in [9.17, 15) is 0 Å². The maximum atomic E-state index is 8.69. The molecule has 0 amide bonds. The van der Waals surface area contributed by atoms with E-state index in [1.807, 2.05) is 0 Å². The lowest BCUT2D eigenvalue weighted by atomic mass is 10.3. The van der Waals surface area contributed by atoms with Gasteiger partial charge in [-0.1, -0.05) is 11.8 Å². The van der Waals surface area contributed by atoms with Crippen LogP contribution in [0.3, 0.4) is 0 Å². The number of aliphatic hydroxyl groups excluding tert-OH is 1. The number of thiophene rings is 2. The average Bonchev–Trinajstić information content (AvgIpc) is 3.02. The van der Waals surface area contributed by atoms with Crippen molar-refractivity contribution in [2.45, 2.75) is 19.5 Å². The van der Waals surface area contributed by atoms with Gasteiger partial charge in [-0.15, -0.1) is 11.3 Å². The monoisotopic (exact) mass is 291 g/mol. The van der Waals surface area contributed by atoms with Crippen LogP contribution in [-0.2, 0) is 13.1 Å². The molecule has 0 spiro atoms. The SMILES string of the molecule is CN(Cc1ccsc1)Cc1ccc(C#CCCO)s1. The molecule has 0 aliphatic heterocycles. The summed E-state index contributed by atoms with van der Waals surface area (Å²) in [7, 11) is 2.13. The molecule has 2 rings (SSSR count). The second-order valence-corrected chi connectivity index (χ2v) is 6.29. The van der Waals surface area contributed by atoms with Gasteiger partial charge in [0.05, 0.1) is 11.5 Å². The highest BCUT2D eigenvalue weighted by Gasteiger charge is 2.04. The van der Waals surface area contributed by atoms with Crippen LogP contribution < -0.4 is 0 Å². The van der Waals surface area contributed by atoms with Crippen molar-refractivity contribution in [2.75, 3.05) is 13.7 Å². The van der Waals surface area contributed by atoms with Crippen molar-refractivity contribution >= 4 is 22.7 Å². The molecule has 2 heterocycles. The molecule has 1 N–H and O–H groups in total. The average molecular weight is 291 g/mol. The molecule has 19 heavy (non-hydrogen) atoms. The molecule has 0 saturated heterocycles. The molecular formula is C15H17NOS2. The van der Waals surface area contributed by atoms with Gasteiger partial charge in [0.1, 0.15) is 0 Å². The number of hydrogen-bond donors (Lipinski definition) is 1. The third-order valence-corrected chi connectivity index (χ3v) is 4.29. The van der Waals surface area contributed by atoms with Gasteiger partial charge in [-0.2, -0.15) is 11.3 Å². The van der Waals surface area contributed by atoms with Crippen LogP contribution in [-0.4, -0.2) is 23.7 Å². The quantitative estimate of drug-likeness (QED) is 0.855. The lowest BCUT2D eigenvalue weighted by molar-refractivity contribution is 0.305. The third-order valence-electron chi connectivity index (χ3n) is 2.57. The van der Waals surface area contributed by atoms with Crippen molar-refractivity contribution in [1.29, 1.82) is 0 Å². The van der Waals surface area contributed by atoms with Gasteiger partial charge in [0.25, 0.3) is 0 Å². The molecule has 0 bridgehead atoms. The van der Waals surface area contributed by atoms with Crippen LogP contribution in [0.1, 0.15) is 21.7 Å². The predicted octanol–water partition coefficient (Wildman–Crippen LogP) is 3.18. The molecule has 2 aromatic rings. The van der Waals surface area contributed by atoms with Crippen LogP contribution >= 0.6 is 22.7 Å². The molecule has 0 unspecified atom stereocenters. The van der Waals surface area contributed by atoms with Gasteiger partial charge in [-0.25, -0.2) is 0 Å². The normalized spacial score (nSPS) is 10.5. The Bertz CT molecular complexity index is 548. The predicted molar refractivity (Wildman–Crippen MR) is 82.4 cm³/mol. The first-order chi connectivity index (χ1) is 9.28. The molecule has 2 nitrogen and oxygen atoms in total. The van der Waals surface area contributed by atoms with E-state index in [0.717, 1.165) is 18.0 Å². The summed E-state index contributed by atoms with van der Waals surface area (Å²) in [6, 6.07) is 6.36. The maximum Gasteiger partial charge on any atom is 0.0771 e. The van der Waals surface area contributed by atoms with Gasteiger partial charge in [0.2, 0.25) is 0 Å². The lowest BCUT2D eigenvalue weighted by Gasteiger charge is -2.14. The molecule has 4 heteroatoms. The number of rotatable bonds is 5. The summed E-state index contributed by atoms with van der Waals surface area (Å²) in [6.07, 6.45) is 0.547. The minimum absolute atomic E-state index is 0.134. The van der Waals surface area contributed by atoms with Crippen molar-refractivity contribution in [1.82, 2.24) is 4.90 Å². The van der Waals surface area contributed by atoms with Crippen LogP contribution in [0.4, 0.5) is 0 Å². The zero-order valence-corrected chi connectivity index (χ0v) is 12.6. The topological polar surface area (TPSA) is 23.5 Å². The Balaban J connectivity index is 1.87. The van der Waals surface area contributed by atoms with Gasteiger partial charge in [-0.3, -0.25) is 4.90 Å². The first-order valence-electron chi connectivity index (χ1n) is 6.16. The van der Waals surface area contributed by atoms with Crippen molar-refractivity contribution in [3.8, 4) is 11.8 Å². The first-order valence-corrected chi connectivity index (χ1v) is 7.92. The van der Waals surface area contributed by atoms with Crippen LogP contribution in [0, 0.1) is 11.8 Å². The van der Waals surface area contributed by atoms with Crippen LogP contribution in [0.15, 0.2) is 29.0 Å². The summed E-state index contributed by atoms with van der Waals surface area (Å²) in [4.78, 5) is 4.71. The highest BCUT2D eigenvalue weighted by molar-refractivity contribution is 7.12. The third kappa shape index (κ3) is 4.81. The van der Waals surface area contributed by atoms with E-state index < -0.39 is 0 Å². The Kier molecular flexibility index (Phi) is 5.62. The van der Waals surface area contributed by atoms with E-state index in [1.165, 1.54) is 10.4 Å². The van der Waals surface area contributed by atoms with Crippen LogP contribution in [0.25, 0.3) is 0 Å². The molecular weight excluding hydrogens is 274 g/mol. The zero-order valence-electron chi connectivity index (χ0n) is 10.9. The fraction of sp³-hybridized carbons (Fsp3) is 0.333. The van der Waals surface area contributed by atoms with Crippen molar-refractivity contribution < 1.29 is 5.11 Å². The molecule has 0 aliphatic rings. The fourth-order valence-corrected chi connectivity index (χ4v) is 3.37. The van der Waals surface area contributed by atoms with E-state index in [-0.39, 0.29) is 6.61 Å². The number of hydrogen-bond acceptors (Lipinski definition) is 4. The van der Waals surface area contributed by atoms with E-state index in [0.29, 0.717) is 6.42 Å². The minimum atomic E-state index is 0.134. The summed E-state index contributed by atoms with van der Waals surface area (Å²) < 4.78 is 0. The Hall–Kier alpha value is -1.12. The van der Waals surface area contributed by atoms with Gasteiger partial charge in [-0.05, 0) is 41.6 Å². The summed E-state index contributed by atoms with van der Waals surface area (Å²) in [5.41, 5.74) is 1.37. The Morgan fingerprint density at radius 1 is 1.26 bits per heavy atom. The smallest absolute Gasteiger partial charge is 0.0771 e. The van der Waals surface area contributed by atoms with Gasteiger partial charge < -0.3 is 5.11 Å². The summed E-state index contributed by atoms with van der Waals surface area (Å²) in [5.74, 6) is 6.03. The molecule has 2 aromatic heterocycles. The van der Waals surface area contributed by atoms with Crippen molar-refractivity contribution in [3.05, 3.63) is 44.3 Å². The molecule has 0 fully saturated rings. The van der Waals surface area contributed by atoms with E-state index in [4.69, 9.17) is 5.11 Å². The Labute approximate surface area is 122 Å². The molecule has 0 atom stereocenters. The highest BCUT2D eigenvalue weighted by Crippen LogP contribution is 2.18. The second kappa shape index (κ2) is 7.46. The summed E-state index contributed by atoms with van der Waals surface area (Å²) >= 11 is 3.47. The second-order valence-electron chi connectivity index (χ2n) is 4.35. The van der Waals surface area contributed by atoms with E-state index in [2.05, 4.69) is 52.7 Å². The molecule has 0 saturated carbocycles. The zero-order chi connectivity index (χ0) is 13.5. The molecule has 0 aliphatic carbocycles. The summed E-state index contributed by atoms with van der Waals surface area (Å²) in [6.45, 7) is 2.06. The van der Waals surface area contributed by atoms with Gasteiger partial charge in [0, 0.05) is 24.4 Å². The molecule has 0 radical (unpaired) electrons. The fourth-order valence-electron chi connectivity index (χ4n) is 1.75. The number of nitrogens with zero attached hydrogens (tertiary/aromatic N) is 1. The van der Waals surface area contributed by atoms with E-state index in [1.54, 1.807) is 22.7 Å². The van der Waals surface area contributed by atoms with Crippen LogP contribution in [0.2, 0.25) is 0 Å². The summed E-state index contributed by atoms with van der Waals surface area (Å²) in [5, 5.41) is 13.0. The molecule has 0 aromatic carbocycles. The maximum absolute atomic E-state index is 8.69. The first kappa shape index (κ1) is 14.3. The highest BCUT2D eigenvalue weighted by atomic mass is 32.1. The van der Waals surface area contributed by atoms with Gasteiger partial charge >= 0.3 is 0 Å². The van der Waals surface area contributed by atoms with E-state index >= 15 is 0 Å². The van der Waals surface area contributed by atoms with Crippen molar-refractivity contribution in [2.24, 2.45) is 0 Å².